The van der Waals surface area contributed by atoms with Gasteiger partial charge in [-0.1, -0.05) is 78.9 Å². The zero-order valence-corrected chi connectivity index (χ0v) is 16.3. The van der Waals surface area contributed by atoms with Crippen LogP contribution < -0.4 is 0 Å². The largest absolute Gasteiger partial charge is 0.454 e. The van der Waals surface area contributed by atoms with Crippen molar-refractivity contribution in [3.05, 3.63) is 108 Å². The molecule has 30 heavy (non-hydrogen) atoms. The van der Waals surface area contributed by atoms with E-state index < -0.39 is 0 Å². The summed E-state index contributed by atoms with van der Waals surface area (Å²) >= 11 is 0. The number of para-hydroxylation sites is 2. The van der Waals surface area contributed by atoms with Crippen molar-refractivity contribution in [3.8, 4) is 5.69 Å². The minimum atomic E-state index is 0.336. The molecule has 2 heteroatoms. The standard InChI is InChI=1S/C28H19NO/c1-2-9-19(10-3-1)29-24-13-7-6-12-21(24)22-15-16-23-26-20-11-5-4-8-18(20)14-17-25(26)30-28(23)27(22)29/h1-18,20H. The summed E-state index contributed by atoms with van der Waals surface area (Å²) in [4.78, 5) is 0. The van der Waals surface area contributed by atoms with Crippen molar-refractivity contribution >= 4 is 38.9 Å². The molecule has 3 aromatic carbocycles. The Bertz CT molecular complexity index is 1540. The molecular weight excluding hydrogens is 366 g/mol. The summed E-state index contributed by atoms with van der Waals surface area (Å²) in [5.74, 6) is 1.73. The lowest BCUT2D eigenvalue weighted by Gasteiger charge is -2.24. The lowest BCUT2D eigenvalue weighted by molar-refractivity contribution is 0.579. The fraction of sp³-hybridized carbons (Fsp3) is 0.0714. The second-order valence-corrected chi connectivity index (χ2v) is 8.14. The fourth-order valence-corrected chi connectivity index (χ4v) is 5.25. The number of furan rings is 1. The Morgan fingerprint density at radius 2 is 1.50 bits per heavy atom. The van der Waals surface area contributed by atoms with Crippen molar-refractivity contribution in [3.63, 3.8) is 0 Å². The van der Waals surface area contributed by atoms with Gasteiger partial charge in [-0.2, -0.15) is 0 Å². The van der Waals surface area contributed by atoms with Gasteiger partial charge in [0.1, 0.15) is 5.76 Å². The third-order valence-corrected chi connectivity index (χ3v) is 6.55. The van der Waals surface area contributed by atoms with E-state index in [0.29, 0.717) is 11.8 Å². The maximum absolute atomic E-state index is 6.58. The number of benzene rings is 3. The summed E-state index contributed by atoms with van der Waals surface area (Å²) in [6.07, 6.45) is 13.3. The second kappa shape index (κ2) is 5.87. The highest BCUT2D eigenvalue weighted by Gasteiger charge is 2.30. The van der Waals surface area contributed by atoms with E-state index in [1.54, 1.807) is 0 Å². The number of aromatic nitrogens is 1. The number of allylic oxidation sites excluding steroid dienone is 5. The van der Waals surface area contributed by atoms with Gasteiger partial charge in [0.05, 0.1) is 11.0 Å². The molecule has 0 spiro atoms. The van der Waals surface area contributed by atoms with E-state index in [1.165, 1.54) is 27.2 Å². The van der Waals surface area contributed by atoms with Gasteiger partial charge in [0.2, 0.25) is 0 Å². The normalized spacial score (nSPS) is 19.6. The van der Waals surface area contributed by atoms with E-state index in [-0.39, 0.29) is 0 Å². The second-order valence-electron chi connectivity index (χ2n) is 8.14. The summed E-state index contributed by atoms with van der Waals surface area (Å²) in [5.41, 5.74) is 5.79. The number of rotatable bonds is 1. The third-order valence-electron chi connectivity index (χ3n) is 6.55. The highest BCUT2D eigenvalue weighted by molar-refractivity contribution is 6.17. The average molecular weight is 385 g/mol. The molecule has 0 bridgehead atoms. The molecule has 5 aromatic rings. The Kier molecular flexibility index (Phi) is 3.14. The maximum atomic E-state index is 6.58. The average Bonchev–Trinajstić information content (AvgIpc) is 3.35. The molecule has 2 nitrogen and oxygen atoms in total. The van der Waals surface area contributed by atoms with Gasteiger partial charge in [-0.15, -0.1) is 0 Å². The van der Waals surface area contributed by atoms with Crippen LogP contribution in [0.1, 0.15) is 17.2 Å². The Hall–Kier alpha value is -3.78. The zero-order chi connectivity index (χ0) is 19.7. The predicted octanol–water partition coefficient (Wildman–Crippen LogP) is 7.38. The number of hydrogen-bond donors (Lipinski definition) is 0. The first-order valence-corrected chi connectivity index (χ1v) is 10.5. The van der Waals surface area contributed by atoms with Crippen molar-refractivity contribution in [2.75, 3.05) is 0 Å². The quantitative estimate of drug-likeness (QED) is 0.294. The summed E-state index contributed by atoms with van der Waals surface area (Å²) in [5, 5.41) is 3.70. The molecule has 2 aliphatic rings. The number of fused-ring (bicyclic) bond motifs is 9. The van der Waals surface area contributed by atoms with Crippen LogP contribution >= 0.6 is 0 Å². The first-order chi connectivity index (χ1) is 14.9. The van der Waals surface area contributed by atoms with Gasteiger partial charge in [-0.25, -0.2) is 0 Å². The molecule has 0 fully saturated rings. The van der Waals surface area contributed by atoms with E-state index in [2.05, 4.69) is 108 Å². The van der Waals surface area contributed by atoms with Crippen molar-refractivity contribution in [2.45, 2.75) is 5.92 Å². The third kappa shape index (κ3) is 2.03. The van der Waals surface area contributed by atoms with E-state index in [4.69, 9.17) is 4.42 Å². The van der Waals surface area contributed by atoms with E-state index in [9.17, 15) is 0 Å². The Balaban J connectivity index is 1.65. The van der Waals surface area contributed by atoms with Gasteiger partial charge in [-0.05, 0) is 24.3 Å². The number of hydrogen-bond acceptors (Lipinski definition) is 1. The highest BCUT2D eigenvalue weighted by atomic mass is 16.3. The predicted molar refractivity (Wildman–Crippen MR) is 124 cm³/mol. The zero-order valence-electron chi connectivity index (χ0n) is 16.3. The summed E-state index contributed by atoms with van der Waals surface area (Å²) in [6, 6.07) is 23.7. The Morgan fingerprint density at radius 1 is 0.700 bits per heavy atom. The van der Waals surface area contributed by atoms with Crippen LogP contribution in [-0.4, -0.2) is 4.57 Å². The molecule has 2 heterocycles. The Morgan fingerprint density at radius 3 is 2.43 bits per heavy atom. The van der Waals surface area contributed by atoms with Gasteiger partial charge in [-0.3, -0.25) is 0 Å². The molecule has 0 amide bonds. The van der Waals surface area contributed by atoms with Gasteiger partial charge in [0.15, 0.2) is 5.58 Å². The molecule has 2 aliphatic carbocycles. The summed E-state index contributed by atoms with van der Waals surface area (Å²) < 4.78 is 8.93. The van der Waals surface area contributed by atoms with Crippen molar-refractivity contribution in [2.24, 2.45) is 5.92 Å². The van der Waals surface area contributed by atoms with Gasteiger partial charge in [0, 0.05) is 39.2 Å². The van der Waals surface area contributed by atoms with Crippen LogP contribution in [-0.2, 0) is 0 Å². The van der Waals surface area contributed by atoms with Gasteiger partial charge < -0.3 is 8.98 Å². The molecule has 0 saturated heterocycles. The monoisotopic (exact) mass is 385 g/mol. The number of nitrogens with zero attached hydrogens (tertiary/aromatic N) is 1. The molecule has 7 rings (SSSR count). The van der Waals surface area contributed by atoms with Crippen LogP contribution in [0.4, 0.5) is 0 Å². The van der Waals surface area contributed by atoms with Crippen LogP contribution in [0.3, 0.4) is 0 Å². The summed E-state index contributed by atoms with van der Waals surface area (Å²) in [6.45, 7) is 0. The molecule has 142 valence electrons. The molecule has 2 atom stereocenters. The van der Waals surface area contributed by atoms with Crippen LogP contribution in [0.15, 0.2) is 102 Å². The van der Waals surface area contributed by atoms with E-state index >= 15 is 0 Å². The molecule has 2 unspecified atom stereocenters. The van der Waals surface area contributed by atoms with Crippen LogP contribution in [0.5, 0.6) is 0 Å². The summed E-state index contributed by atoms with van der Waals surface area (Å²) in [7, 11) is 0. The van der Waals surface area contributed by atoms with Crippen molar-refractivity contribution < 1.29 is 4.42 Å². The van der Waals surface area contributed by atoms with Crippen molar-refractivity contribution in [1.82, 2.24) is 4.57 Å². The first-order valence-electron chi connectivity index (χ1n) is 10.5. The molecular formula is C28H19NO. The molecule has 0 N–H and O–H groups in total. The van der Waals surface area contributed by atoms with Crippen LogP contribution in [0.2, 0.25) is 0 Å². The smallest absolute Gasteiger partial charge is 0.159 e. The minimum absolute atomic E-state index is 0.336. The fourth-order valence-electron chi connectivity index (χ4n) is 5.25. The van der Waals surface area contributed by atoms with E-state index in [0.717, 1.165) is 22.5 Å². The van der Waals surface area contributed by atoms with E-state index in [1.807, 2.05) is 0 Å². The van der Waals surface area contributed by atoms with Crippen LogP contribution in [0, 0.1) is 5.92 Å². The highest BCUT2D eigenvalue weighted by Crippen LogP contribution is 2.46. The Labute approximate surface area is 174 Å². The molecule has 0 radical (unpaired) electrons. The van der Waals surface area contributed by atoms with Crippen LogP contribution in [0.25, 0.3) is 44.5 Å². The molecule has 2 aromatic heterocycles. The minimum Gasteiger partial charge on any atom is -0.454 e. The topological polar surface area (TPSA) is 18.1 Å². The first kappa shape index (κ1) is 16.1. The SMILES string of the molecule is C1=CC2C=Cc3oc4c(ccc5c6ccccc6n(-c6ccccc6)c54)c3C2C=C1. The van der Waals surface area contributed by atoms with Crippen molar-refractivity contribution in [1.29, 1.82) is 0 Å². The molecule has 0 aliphatic heterocycles. The lowest BCUT2D eigenvalue weighted by atomic mass is 9.78. The molecule has 0 saturated carbocycles. The maximum Gasteiger partial charge on any atom is 0.159 e. The van der Waals surface area contributed by atoms with Gasteiger partial charge in [0.25, 0.3) is 0 Å². The lowest BCUT2D eigenvalue weighted by Crippen LogP contribution is -2.12. The van der Waals surface area contributed by atoms with Gasteiger partial charge >= 0.3 is 0 Å².